The highest BCUT2D eigenvalue weighted by Crippen LogP contribution is 2.32. The average Bonchev–Trinajstić information content (AvgIpc) is 2.62. The fourth-order valence-electron chi connectivity index (χ4n) is 2.38. The van der Waals surface area contributed by atoms with Gasteiger partial charge in [0.1, 0.15) is 17.3 Å². The third kappa shape index (κ3) is 4.20. The Bertz CT molecular complexity index is 1020. The molecule has 0 unspecified atom stereocenters. The van der Waals surface area contributed by atoms with Crippen molar-refractivity contribution in [1.82, 2.24) is 4.57 Å². The number of nitro groups is 1. The van der Waals surface area contributed by atoms with E-state index in [-0.39, 0.29) is 40.6 Å². The zero-order valence-corrected chi connectivity index (χ0v) is 16.2. The Hall–Kier alpha value is -3.06. The molecule has 0 saturated carbocycles. The Morgan fingerprint density at radius 2 is 2.11 bits per heavy atom. The van der Waals surface area contributed by atoms with Crippen LogP contribution in [0.1, 0.15) is 30.9 Å². The normalized spacial score (nSPS) is 10.9. The maximum absolute atomic E-state index is 12.7. The van der Waals surface area contributed by atoms with Crippen LogP contribution in [0.2, 0.25) is 0 Å². The van der Waals surface area contributed by atoms with E-state index in [2.05, 4.69) is 26.2 Å². The second kappa shape index (κ2) is 8.55. The molecule has 0 radical (unpaired) electrons. The van der Waals surface area contributed by atoms with Gasteiger partial charge in [0.25, 0.3) is 11.2 Å². The molecule has 0 saturated heterocycles. The highest BCUT2D eigenvalue weighted by Gasteiger charge is 2.19. The SMILES string of the molecule is CCCCn1c(O)c(C#N)c(C)c(N=Nc2ccc([N+](=O)[O-])cc2Br)c1=O. The Morgan fingerprint density at radius 3 is 2.67 bits per heavy atom. The lowest BCUT2D eigenvalue weighted by Crippen LogP contribution is -2.22. The van der Waals surface area contributed by atoms with Gasteiger partial charge < -0.3 is 5.11 Å². The van der Waals surface area contributed by atoms with Crippen molar-refractivity contribution in [3.05, 3.63) is 54.3 Å². The van der Waals surface area contributed by atoms with Crippen molar-refractivity contribution < 1.29 is 10.0 Å². The number of benzene rings is 1. The van der Waals surface area contributed by atoms with E-state index >= 15 is 0 Å². The summed E-state index contributed by atoms with van der Waals surface area (Å²) < 4.78 is 1.44. The number of nitro benzene ring substituents is 1. The van der Waals surface area contributed by atoms with Gasteiger partial charge in [-0.2, -0.15) is 5.26 Å². The van der Waals surface area contributed by atoms with Crippen LogP contribution < -0.4 is 5.56 Å². The molecule has 10 heteroatoms. The average molecular weight is 434 g/mol. The number of hydrogen-bond acceptors (Lipinski definition) is 7. The van der Waals surface area contributed by atoms with E-state index in [1.54, 1.807) is 0 Å². The predicted octanol–water partition coefficient (Wildman–Crippen LogP) is 4.62. The van der Waals surface area contributed by atoms with Gasteiger partial charge in [0, 0.05) is 24.2 Å². The summed E-state index contributed by atoms with van der Waals surface area (Å²) in [6.45, 7) is 3.69. The van der Waals surface area contributed by atoms with Crippen LogP contribution >= 0.6 is 15.9 Å². The molecule has 0 fully saturated rings. The summed E-state index contributed by atoms with van der Waals surface area (Å²) in [5, 5.41) is 38.2. The molecule has 140 valence electrons. The molecule has 1 heterocycles. The van der Waals surface area contributed by atoms with Crippen LogP contribution in [-0.2, 0) is 6.54 Å². The Kier molecular flexibility index (Phi) is 6.41. The second-order valence-electron chi connectivity index (χ2n) is 5.69. The number of aromatic hydroxyl groups is 1. The summed E-state index contributed by atoms with van der Waals surface area (Å²) in [7, 11) is 0. The molecule has 0 amide bonds. The molecule has 0 bridgehead atoms. The lowest BCUT2D eigenvalue weighted by molar-refractivity contribution is -0.384. The van der Waals surface area contributed by atoms with E-state index in [4.69, 9.17) is 0 Å². The largest absolute Gasteiger partial charge is 0.493 e. The quantitative estimate of drug-likeness (QED) is 0.402. The van der Waals surface area contributed by atoms with Crippen molar-refractivity contribution >= 4 is 33.0 Å². The molecule has 0 aliphatic heterocycles. The fraction of sp³-hybridized carbons (Fsp3) is 0.294. The predicted molar refractivity (Wildman–Crippen MR) is 102 cm³/mol. The van der Waals surface area contributed by atoms with Crippen LogP contribution in [0.5, 0.6) is 5.88 Å². The maximum atomic E-state index is 12.7. The number of non-ortho nitro benzene ring substituents is 1. The van der Waals surface area contributed by atoms with Gasteiger partial charge >= 0.3 is 0 Å². The first-order valence-electron chi connectivity index (χ1n) is 8.03. The van der Waals surface area contributed by atoms with Crippen LogP contribution in [0.25, 0.3) is 0 Å². The number of nitriles is 1. The Balaban J connectivity index is 2.56. The summed E-state index contributed by atoms with van der Waals surface area (Å²) in [6, 6.07) is 5.82. The fourth-order valence-corrected chi connectivity index (χ4v) is 2.82. The minimum absolute atomic E-state index is 0.0394. The third-order valence-electron chi connectivity index (χ3n) is 3.90. The minimum atomic E-state index is -0.556. The van der Waals surface area contributed by atoms with Crippen molar-refractivity contribution in [1.29, 1.82) is 5.26 Å². The van der Waals surface area contributed by atoms with E-state index in [0.717, 1.165) is 11.0 Å². The summed E-state index contributed by atoms with van der Waals surface area (Å²) in [4.78, 5) is 22.9. The number of azo groups is 1. The second-order valence-corrected chi connectivity index (χ2v) is 6.54. The van der Waals surface area contributed by atoms with Crippen molar-refractivity contribution in [2.45, 2.75) is 33.2 Å². The zero-order valence-electron chi connectivity index (χ0n) is 14.6. The highest BCUT2D eigenvalue weighted by atomic mass is 79.9. The lowest BCUT2D eigenvalue weighted by Gasteiger charge is -2.12. The highest BCUT2D eigenvalue weighted by molar-refractivity contribution is 9.10. The summed E-state index contributed by atoms with van der Waals surface area (Å²) in [5.41, 5.74) is -0.275. The number of aromatic nitrogens is 1. The van der Waals surface area contributed by atoms with Crippen LogP contribution in [0.15, 0.2) is 37.7 Å². The first kappa shape index (κ1) is 20.3. The first-order chi connectivity index (χ1) is 12.8. The molecule has 2 aromatic rings. The molecule has 2 rings (SSSR count). The van der Waals surface area contributed by atoms with Crippen LogP contribution in [0.4, 0.5) is 17.1 Å². The lowest BCUT2D eigenvalue weighted by atomic mass is 10.1. The number of halogens is 1. The number of nitrogens with zero attached hydrogens (tertiary/aromatic N) is 5. The van der Waals surface area contributed by atoms with E-state index in [0.29, 0.717) is 10.9 Å². The van der Waals surface area contributed by atoms with Gasteiger partial charge in [0.2, 0.25) is 5.88 Å². The van der Waals surface area contributed by atoms with Gasteiger partial charge in [-0.1, -0.05) is 13.3 Å². The molecule has 1 aromatic carbocycles. The number of unbranched alkanes of at least 4 members (excludes halogenated alkanes) is 1. The molecule has 1 N–H and O–H groups in total. The van der Waals surface area contributed by atoms with Crippen molar-refractivity contribution in [2.75, 3.05) is 0 Å². The Labute approximate surface area is 162 Å². The van der Waals surface area contributed by atoms with Gasteiger partial charge in [-0.3, -0.25) is 19.5 Å². The summed E-state index contributed by atoms with van der Waals surface area (Å²) >= 11 is 3.18. The molecule has 0 spiro atoms. The monoisotopic (exact) mass is 433 g/mol. The van der Waals surface area contributed by atoms with Crippen molar-refractivity contribution in [3.63, 3.8) is 0 Å². The topological polar surface area (TPSA) is 134 Å². The minimum Gasteiger partial charge on any atom is -0.493 e. The van der Waals surface area contributed by atoms with Gasteiger partial charge in [-0.05, 0) is 35.3 Å². The van der Waals surface area contributed by atoms with E-state index in [1.807, 2.05) is 13.0 Å². The van der Waals surface area contributed by atoms with E-state index < -0.39 is 10.5 Å². The maximum Gasteiger partial charge on any atom is 0.281 e. The molecule has 27 heavy (non-hydrogen) atoms. The number of hydrogen-bond donors (Lipinski definition) is 1. The van der Waals surface area contributed by atoms with Gasteiger partial charge in [-0.25, -0.2) is 0 Å². The summed E-state index contributed by atoms with van der Waals surface area (Å²) in [6.07, 6.45) is 1.44. The standard InChI is InChI=1S/C17H16BrN5O4/c1-3-4-7-22-16(24)12(9-19)10(2)15(17(22)25)21-20-14-6-5-11(23(26)27)8-13(14)18/h5-6,8,24H,3-4,7H2,1-2H3. The molecule has 1 aromatic heterocycles. The molecule has 0 aliphatic rings. The van der Waals surface area contributed by atoms with E-state index in [9.17, 15) is 25.3 Å². The van der Waals surface area contributed by atoms with Gasteiger partial charge in [-0.15, -0.1) is 10.2 Å². The Morgan fingerprint density at radius 1 is 1.41 bits per heavy atom. The first-order valence-corrected chi connectivity index (χ1v) is 8.83. The smallest absolute Gasteiger partial charge is 0.281 e. The zero-order chi connectivity index (χ0) is 20.1. The molecule has 0 atom stereocenters. The van der Waals surface area contributed by atoms with Gasteiger partial charge in [0.05, 0.1) is 9.40 Å². The molecular formula is C17H16BrN5O4. The van der Waals surface area contributed by atoms with Crippen LogP contribution in [0.3, 0.4) is 0 Å². The summed E-state index contributed by atoms with van der Waals surface area (Å²) in [5.74, 6) is -0.385. The number of pyridine rings is 1. The molecule has 9 nitrogen and oxygen atoms in total. The van der Waals surface area contributed by atoms with Crippen LogP contribution in [0, 0.1) is 28.4 Å². The van der Waals surface area contributed by atoms with Crippen molar-refractivity contribution in [2.24, 2.45) is 10.2 Å². The van der Waals surface area contributed by atoms with Crippen molar-refractivity contribution in [3.8, 4) is 11.9 Å². The van der Waals surface area contributed by atoms with E-state index in [1.165, 1.54) is 25.1 Å². The van der Waals surface area contributed by atoms with Crippen LogP contribution in [-0.4, -0.2) is 14.6 Å². The molecular weight excluding hydrogens is 418 g/mol. The number of rotatable bonds is 6. The van der Waals surface area contributed by atoms with Gasteiger partial charge in [0.15, 0.2) is 5.69 Å². The molecule has 0 aliphatic carbocycles. The third-order valence-corrected chi connectivity index (χ3v) is 4.54.